The van der Waals surface area contributed by atoms with Crippen LogP contribution in [0.25, 0.3) is 0 Å². The smallest absolute Gasteiger partial charge is 0.261 e. The first kappa shape index (κ1) is 20.6. The second kappa shape index (κ2) is 9.86. The van der Waals surface area contributed by atoms with Gasteiger partial charge >= 0.3 is 0 Å². The number of rotatable bonds is 8. The fraction of sp³-hybridized carbons (Fsp3) is 0.350. The Kier molecular flexibility index (Phi) is 7.53. The van der Waals surface area contributed by atoms with Crippen LogP contribution in [0.1, 0.15) is 25.7 Å². The third-order valence-corrected chi connectivity index (χ3v) is 4.99. The zero-order valence-electron chi connectivity index (χ0n) is 15.9. The molecule has 2 rings (SSSR count). The molecular weight excluding hydrogens is 360 g/mol. The highest BCUT2D eigenvalue weighted by atomic mass is 32.1. The number of carbonyl (C=O) groups is 2. The van der Waals surface area contributed by atoms with Crippen molar-refractivity contribution < 1.29 is 9.59 Å². The van der Waals surface area contributed by atoms with Crippen LogP contribution in [0.15, 0.2) is 36.4 Å². The lowest BCUT2D eigenvalue weighted by molar-refractivity contribution is -0.130. The molecule has 0 aliphatic heterocycles. The number of carbonyl (C=O) groups excluding carboxylic acids is 2. The molecule has 0 bridgehead atoms. The quantitative estimate of drug-likeness (QED) is 0.757. The summed E-state index contributed by atoms with van der Waals surface area (Å²) in [6, 6.07) is 12.9. The third-order valence-electron chi connectivity index (χ3n) is 3.99. The Balaban J connectivity index is 1.99. The second-order valence-corrected chi connectivity index (χ2v) is 7.81. The summed E-state index contributed by atoms with van der Waals surface area (Å²) in [4.78, 5) is 30.2. The van der Waals surface area contributed by atoms with Crippen molar-refractivity contribution in [3.05, 3.63) is 57.3 Å². The first-order chi connectivity index (χ1) is 12.9. The zero-order valence-corrected chi connectivity index (χ0v) is 16.7. The molecule has 27 heavy (non-hydrogen) atoms. The minimum atomic E-state index is -0.229. The van der Waals surface area contributed by atoms with Crippen molar-refractivity contribution in [1.82, 2.24) is 15.1 Å². The van der Waals surface area contributed by atoms with Gasteiger partial charge in [-0.05, 0) is 50.8 Å². The number of hydrogen-bond donors (Lipinski definition) is 1. The highest BCUT2D eigenvalue weighted by Gasteiger charge is 2.16. The molecule has 2 aromatic rings. The molecule has 0 fully saturated rings. The molecule has 1 N–H and O–H groups in total. The average Bonchev–Trinajstić information content (AvgIpc) is 3.09. The van der Waals surface area contributed by atoms with Gasteiger partial charge in [0.1, 0.15) is 0 Å². The highest BCUT2D eigenvalue weighted by molar-refractivity contribution is 7.13. The number of nitrogens with zero attached hydrogens (tertiary/aromatic N) is 3. The summed E-state index contributed by atoms with van der Waals surface area (Å²) in [5.74, 6) is -0.366. The molecule has 0 saturated carbocycles. The van der Waals surface area contributed by atoms with Crippen LogP contribution in [0.4, 0.5) is 0 Å². The summed E-state index contributed by atoms with van der Waals surface area (Å²) in [5.41, 5.74) is 1.53. The van der Waals surface area contributed by atoms with Crippen LogP contribution < -0.4 is 5.32 Å². The van der Waals surface area contributed by atoms with Crippen molar-refractivity contribution in [3.63, 3.8) is 0 Å². The topological polar surface area (TPSA) is 76.4 Å². The number of likely N-dealkylation sites (N-methyl/N-ethyl adjacent to an activating group) is 1. The standard InChI is InChI=1S/C20H24N4O2S/c1-15-4-9-18(27-15)20(26)22-13-19(25)24(11-10-23(2)3)14-17-7-5-16(12-21)6-8-17/h4-9H,10-11,13-14H2,1-3H3,(H,22,26). The molecule has 0 unspecified atom stereocenters. The SMILES string of the molecule is Cc1ccc(C(=O)NCC(=O)N(CCN(C)C)Cc2ccc(C#N)cc2)s1. The van der Waals surface area contributed by atoms with Gasteiger partial charge in [0.25, 0.3) is 5.91 Å². The maximum atomic E-state index is 12.7. The molecule has 0 aliphatic rings. The molecule has 0 aliphatic carbocycles. The maximum absolute atomic E-state index is 12.7. The summed E-state index contributed by atoms with van der Waals surface area (Å²) >= 11 is 1.41. The summed E-state index contributed by atoms with van der Waals surface area (Å²) in [5, 5.41) is 11.6. The molecule has 1 heterocycles. The Bertz CT molecular complexity index is 821. The largest absolute Gasteiger partial charge is 0.342 e. The molecule has 1 aromatic heterocycles. The molecule has 0 atom stereocenters. The van der Waals surface area contributed by atoms with Crippen LogP contribution in [0.3, 0.4) is 0 Å². The molecule has 1 aromatic carbocycles. The first-order valence-electron chi connectivity index (χ1n) is 8.65. The number of nitriles is 1. The summed E-state index contributed by atoms with van der Waals surface area (Å²) in [6.45, 7) is 3.61. The van der Waals surface area contributed by atoms with Gasteiger partial charge in [0, 0.05) is 24.5 Å². The van der Waals surface area contributed by atoms with E-state index in [1.807, 2.05) is 44.1 Å². The summed E-state index contributed by atoms with van der Waals surface area (Å²) in [7, 11) is 3.90. The van der Waals surface area contributed by atoms with E-state index in [9.17, 15) is 9.59 Å². The molecule has 7 heteroatoms. The van der Waals surface area contributed by atoms with Crippen LogP contribution >= 0.6 is 11.3 Å². The summed E-state index contributed by atoms with van der Waals surface area (Å²) < 4.78 is 0. The predicted octanol–water partition coefficient (Wildman–Crippen LogP) is 2.25. The Morgan fingerprint density at radius 1 is 1.11 bits per heavy atom. The molecular formula is C20H24N4O2S. The van der Waals surface area contributed by atoms with Gasteiger partial charge in [0.05, 0.1) is 23.1 Å². The number of aryl methyl sites for hydroxylation is 1. The average molecular weight is 385 g/mol. The van der Waals surface area contributed by atoms with Gasteiger partial charge in [0.2, 0.25) is 5.91 Å². The first-order valence-corrected chi connectivity index (χ1v) is 9.47. The van der Waals surface area contributed by atoms with E-state index >= 15 is 0 Å². The lowest BCUT2D eigenvalue weighted by Gasteiger charge is -2.25. The van der Waals surface area contributed by atoms with Gasteiger partial charge in [-0.3, -0.25) is 9.59 Å². The Hall–Kier alpha value is -2.69. The molecule has 0 radical (unpaired) electrons. The van der Waals surface area contributed by atoms with E-state index in [0.29, 0.717) is 23.5 Å². The van der Waals surface area contributed by atoms with Crippen molar-refractivity contribution >= 4 is 23.2 Å². The van der Waals surface area contributed by atoms with Gasteiger partial charge in [-0.15, -0.1) is 11.3 Å². The van der Waals surface area contributed by atoms with E-state index < -0.39 is 0 Å². The van der Waals surface area contributed by atoms with Gasteiger partial charge in [0.15, 0.2) is 0 Å². The van der Waals surface area contributed by atoms with E-state index in [4.69, 9.17) is 5.26 Å². The van der Waals surface area contributed by atoms with Crippen molar-refractivity contribution in [3.8, 4) is 6.07 Å². The normalized spacial score (nSPS) is 10.5. The van der Waals surface area contributed by atoms with Gasteiger partial charge in [-0.1, -0.05) is 12.1 Å². The van der Waals surface area contributed by atoms with Gasteiger partial charge < -0.3 is 15.1 Å². The minimum Gasteiger partial charge on any atom is -0.342 e. The Labute approximate surface area is 164 Å². The fourth-order valence-corrected chi connectivity index (χ4v) is 3.21. The molecule has 2 amide bonds. The third kappa shape index (κ3) is 6.51. The van der Waals surface area contributed by atoms with Crippen molar-refractivity contribution in [2.45, 2.75) is 13.5 Å². The van der Waals surface area contributed by atoms with E-state index in [1.54, 1.807) is 23.1 Å². The van der Waals surface area contributed by atoms with Crippen LogP contribution in [0.5, 0.6) is 0 Å². The highest BCUT2D eigenvalue weighted by Crippen LogP contribution is 2.14. The molecule has 0 saturated heterocycles. The number of thiophene rings is 1. The Morgan fingerprint density at radius 3 is 2.37 bits per heavy atom. The molecule has 142 valence electrons. The van der Waals surface area contributed by atoms with Crippen molar-refractivity contribution in [1.29, 1.82) is 5.26 Å². The maximum Gasteiger partial charge on any atom is 0.261 e. The Morgan fingerprint density at radius 2 is 1.81 bits per heavy atom. The van der Waals surface area contributed by atoms with Crippen molar-refractivity contribution in [2.24, 2.45) is 0 Å². The zero-order chi connectivity index (χ0) is 19.8. The number of amides is 2. The molecule has 6 nitrogen and oxygen atoms in total. The van der Waals surface area contributed by atoms with E-state index in [2.05, 4.69) is 11.4 Å². The van der Waals surface area contributed by atoms with Crippen LogP contribution in [0.2, 0.25) is 0 Å². The number of hydrogen-bond acceptors (Lipinski definition) is 5. The monoisotopic (exact) mass is 384 g/mol. The van der Waals surface area contributed by atoms with E-state index in [0.717, 1.165) is 17.0 Å². The van der Waals surface area contributed by atoms with E-state index in [-0.39, 0.29) is 18.4 Å². The number of benzene rings is 1. The van der Waals surface area contributed by atoms with Crippen molar-refractivity contribution in [2.75, 3.05) is 33.7 Å². The van der Waals surface area contributed by atoms with Crippen LogP contribution in [-0.4, -0.2) is 55.3 Å². The lowest BCUT2D eigenvalue weighted by Crippen LogP contribution is -2.42. The summed E-state index contributed by atoms with van der Waals surface area (Å²) in [6.07, 6.45) is 0. The van der Waals surface area contributed by atoms with Crippen LogP contribution in [0, 0.1) is 18.3 Å². The van der Waals surface area contributed by atoms with E-state index in [1.165, 1.54) is 11.3 Å². The number of nitrogens with one attached hydrogen (secondary N) is 1. The minimum absolute atomic E-state index is 0.0422. The molecule has 0 spiro atoms. The fourth-order valence-electron chi connectivity index (χ4n) is 2.43. The predicted molar refractivity (Wildman–Crippen MR) is 107 cm³/mol. The van der Waals surface area contributed by atoms with Crippen LogP contribution in [-0.2, 0) is 11.3 Å². The van der Waals surface area contributed by atoms with Gasteiger partial charge in [-0.25, -0.2) is 0 Å². The second-order valence-electron chi connectivity index (χ2n) is 6.52. The van der Waals surface area contributed by atoms with Gasteiger partial charge in [-0.2, -0.15) is 5.26 Å². The lowest BCUT2D eigenvalue weighted by atomic mass is 10.1.